The van der Waals surface area contributed by atoms with Gasteiger partial charge in [0.1, 0.15) is 5.82 Å². The topological polar surface area (TPSA) is 74.2 Å². The predicted molar refractivity (Wildman–Crippen MR) is 66.8 cm³/mol. The number of nitrogens with zero attached hydrogens (tertiary/aromatic N) is 2. The van der Waals surface area contributed by atoms with Crippen molar-refractivity contribution in [1.29, 1.82) is 0 Å². The van der Waals surface area contributed by atoms with Gasteiger partial charge in [0.05, 0.1) is 11.7 Å². The Kier molecular flexibility index (Phi) is 3.16. The molecular formula is C13H14FN3O2. The number of ether oxygens (including phenoxy) is 1. The number of hydrogen-bond donors (Lipinski definition) is 1. The van der Waals surface area contributed by atoms with Gasteiger partial charge in [-0.3, -0.25) is 0 Å². The van der Waals surface area contributed by atoms with Gasteiger partial charge in [-0.2, -0.15) is 4.98 Å². The molecule has 1 unspecified atom stereocenters. The van der Waals surface area contributed by atoms with Crippen LogP contribution in [0.4, 0.5) is 10.1 Å². The Morgan fingerprint density at radius 3 is 3.11 bits per heavy atom. The van der Waals surface area contributed by atoms with Crippen molar-refractivity contribution in [3.05, 3.63) is 29.8 Å². The zero-order chi connectivity index (χ0) is 13.2. The first-order valence-corrected chi connectivity index (χ1v) is 6.22. The molecule has 1 aliphatic heterocycles. The standard InChI is InChI=1S/C13H14FN3O2/c14-8-3-4-11(15)10(6-8)13-16-12(17-19-13)7-9-2-1-5-18-9/h3-4,6,9H,1-2,5,7,15H2. The summed E-state index contributed by atoms with van der Waals surface area (Å²) in [5.74, 6) is 0.415. The van der Waals surface area contributed by atoms with Crippen LogP contribution in [-0.2, 0) is 11.2 Å². The summed E-state index contributed by atoms with van der Waals surface area (Å²) in [6, 6.07) is 4.07. The van der Waals surface area contributed by atoms with Crippen molar-refractivity contribution >= 4 is 5.69 Å². The van der Waals surface area contributed by atoms with Crippen LogP contribution in [0.3, 0.4) is 0 Å². The molecule has 3 rings (SSSR count). The van der Waals surface area contributed by atoms with Crippen LogP contribution in [0.2, 0.25) is 0 Å². The van der Waals surface area contributed by atoms with Gasteiger partial charge in [0.25, 0.3) is 5.89 Å². The number of nitrogen functional groups attached to an aromatic ring is 1. The predicted octanol–water partition coefficient (Wildman–Crippen LogP) is 2.18. The van der Waals surface area contributed by atoms with E-state index in [1.165, 1.54) is 18.2 Å². The van der Waals surface area contributed by atoms with Crippen LogP contribution < -0.4 is 5.73 Å². The third kappa shape index (κ3) is 2.58. The Bertz CT molecular complexity index is 579. The second kappa shape index (κ2) is 4.97. The molecule has 1 saturated heterocycles. The van der Waals surface area contributed by atoms with E-state index in [4.69, 9.17) is 15.0 Å². The molecule has 19 heavy (non-hydrogen) atoms. The summed E-state index contributed by atoms with van der Waals surface area (Å²) in [5.41, 5.74) is 6.61. The Morgan fingerprint density at radius 1 is 1.42 bits per heavy atom. The summed E-state index contributed by atoms with van der Waals surface area (Å²) in [5, 5.41) is 3.88. The highest BCUT2D eigenvalue weighted by atomic mass is 19.1. The lowest BCUT2D eigenvalue weighted by Gasteiger charge is -2.04. The molecule has 0 spiro atoms. The smallest absolute Gasteiger partial charge is 0.260 e. The second-order valence-corrected chi connectivity index (χ2v) is 4.59. The van der Waals surface area contributed by atoms with Gasteiger partial charge in [0, 0.05) is 18.7 Å². The molecule has 2 N–H and O–H groups in total. The van der Waals surface area contributed by atoms with Crippen molar-refractivity contribution in [2.45, 2.75) is 25.4 Å². The van der Waals surface area contributed by atoms with E-state index in [2.05, 4.69) is 10.1 Å². The van der Waals surface area contributed by atoms with Crippen LogP contribution >= 0.6 is 0 Å². The molecule has 6 heteroatoms. The molecule has 0 bridgehead atoms. The maximum atomic E-state index is 13.2. The van der Waals surface area contributed by atoms with Gasteiger partial charge < -0.3 is 15.0 Å². The van der Waals surface area contributed by atoms with Gasteiger partial charge in [-0.05, 0) is 31.0 Å². The van der Waals surface area contributed by atoms with E-state index in [1.54, 1.807) is 0 Å². The van der Waals surface area contributed by atoms with Crippen LogP contribution in [0.25, 0.3) is 11.5 Å². The molecule has 1 atom stereocenters. The summed E-state index contributed by atoms with van der Waals surface area (Å²) in [6.45, 7) is 0.784. The minimum Gasteiger partial charge on any atom is -0.398 e. The van der Waals surface area contributed by atoms with Crippen LogP contribution in [0.1, 0.15) is 18.7 Å². The van der Waals surface area contributed by atoms with E-state index in [0.29, 0.717) is 23.5 Å². The molecule has 100 valence electrons. The van der Waals surface area contributed by atoms with E-state index in [1.807, 2.05) is 0 Å². The fourth-order valence-electron chi connectivity index (χ4n) is 2.17. The second-order valence-electron chi connectivity index (χ2n) is 4.59. The molecule has 2 heterocycles. The molecule has 5 nitrogen and oxygen atoms in total. The molecule has 0 amide bonds. The van der Waals surface area contributed by atoms with Crippen molar-refractivity contribution in [2.75, 3.05) is 12.3 Å². The normalized spacial score (nSPS) is 18.9. The maximum absolute atomic E-state index is 13.2. The van der Waals surface area contributed by atoms with E-state index < -0.39 is 0 Å². The first-order valence-electron chi connectivity index (χ1n) is 6.22. The van der Waals surface area contributed by atoms with Crippen molar-refractivity contribution in [3.8, 4) is 11.5 Å². The summed E-state index contributed by atoms with van der Waals surface area (Å²) in [7, 11) is 0. The fourth-order valence-corrected chi connectivity index (χ4v) is 2.17. The van der Waals surface area contributed by atoms with Gasteiger partial charge in [-0.15, -0.1) is 0 Å². The van der Waals surface area contributed by atoms with Crippen LogP contribution in [0, 0.1) is 5.82 Å². The molecule has 0 saturated carbocycles. The number of benzene rings is 1. The molecule has 1 fully saturated rings. The lowest BCUT2D eigenvalue weighted by atomic mass is 10.1. The highest BCUT2D eigenvalue weighted by Gasteiger charge is 2.20. The molecule has 2 aromatic rings. The maximum Gasteiger partial charge on any atom is 0.260 e. The fraction of sp³-hybridized carbons (Fsp3) is 0.385. The molecular weight excluding hydrogens is 249 g/mol. The van der Waals surface area contributed by atoms with E-state index in [0.717, 1.165) is 19.4 Å². The van der Waals surface area contributed by atoms with Gasteiger partial charge in [-0.1, -0.05) is 5.16 Å². The molecule has 1 aromatic carbocycles. The molecule has 1 aliphatic rings. The number of rotatable bonds is 3. The van der Waals surface area contributed by atoms with Crippen LogP contribution in [-0.4, -0.2) is 22.9 Å². The Morgan fingerprint density at radius 2 is 2.32 bits per heavy atom. The Labute approximate surface area is 109 Å². The average Bonchev–Trinajstić information content (AvgIpc) is 3.04. The highest BCUT2D eigenvalue weighted by molar-refractivity contribution is 5.70. The number of hydrogen-bond acceptors (Lipinski definition) is 5. The third-order valence-electron chi connectivity index (χ3n) is 3.15. The first-order chi connectivity index (χ1) is 9.22. The van der Waals surface area contributed by atoms with Crippen molar-refractivity contribution in [3.63, 3.8) is 0 Å². The highest BCUT2D eigenvalue weighted by Crippen LogP contribution is 2.25. The third-order valence-corrected chi connectivity index (χ3v) is 3.15. The minimum atomic E-state index is -0.386. The molecule has 0 radical (unpaired) electrons. The van der Waals surface area contributed by atoms with E-state index >= 15 is 0 Å². The van der Waals surface area contributed by atoms with E-state index in [9.17, 15) is 4.39 Å². The van der Waals surface area contributed by atoms with E-state index in [-0.39, 0.29) is 17.8 Å². The first kappa shape index (κ1) is 12.1. The van der Waals surface area contributed by atoms with Crippen molar-refractivity contribution in [2.24, 2.45) is 0 Å². The van der Waals surface area contributed by atoms with Gasteiger partial charge in [-0.25, -0.2) is 4.39 Å². The van der Waals surface area contributed by atoms with Gasteiger partial charge in [0.2, 0.25) is 0 Å². The van der Waals surface area contributed by atoms with Crippen molar-refractivity contribution in [1.82, 2.24) is 10.1 Å². The molecule has 1 aromatic heterocycles. The lowest BCUT2D eigenvalue weighted by Crippen LogP contribution is -2.09. The lowest BCUT2D eigenvalue weighted by molar-refractivity contribution is 0.109. The Balaban J connectivity index is 1.82. The average molecular weight is 263 g/mol. The number of aromatic nitrogens is 2. The summed E-state index contributed by atoms with van der Waals surface area (Å²) in [6.07, 6.45) is 2.83. The molecule has 0 aliphatic carbocycles. The van der Waals surface area contributed by atoms with Gasteiger partial charge in [0.15, 0.2) is 5.82 Å². The zero-order valence-electron chi connectivity index (χ0n) is 10.3. The minimum absolute atomic E-state index is 0.148. The van der Waals surface area contributed by atoms with Crippen LogP contribution in [0.5, 0.6) is 0 Å². The quantitative estimate of drug-likeness (QED) is 0.859. The van der Waals surface area contributed by atoms with Crippen LogP contribution in [0.15, 0.2) is 22.7 Å². The summed E-state index contributed by atoms with van der Waals surface area (Å²) < 4.78 is 23.8. The summed E-state index contributed by atoms with van der Waals surface area (Å²) in [4.78, 5) is 4.24. The largest absolute Gasteiger partial charge is 0.398 e. The zero-order valence-corrected chi connectivity index (χ0v) is 10.3. The SMILES string of the molecule is Nc1ccc(F)cc1-c1nc(CC2CCCO2)no1. The Hall–Kier alpha value is -1.95. The monoisotopic (exact) mass is 263 g/mol. The number of anilines is 1. The number of halogens is 1. The van der Waals surface area contributed by atoms with Crippen molar-refractivity contribution < 1.29 is 13.7 Å². The van der Waals surface area contributed by atoms with Gasteiger partial charge >= 0.3 is 0 Å². The number of nitrogens with two attached hydrogens (primary N) is 1. The summed E-state index contributed by atoms with van der Waals surface area (Å²) >= 11 is 0.